The summed E-state index contributed by atoms with van der Waals surface area (Å²) in [6.45, 7) is 5.02. The first-order valence-electron chi connectivity index (χ1n) is 5.62. The molecular weight excluding hydrogens is 270 g/mol. The number of nitrogens with zero attached hydrogens (tertiary/aromatic N) is 1. The van der Waals surface area contributed by atoms with Gasteiger partial charge >= 0.3 is 12.0 Å². The minimum absolute atomic E-state index is 0.153. The zero-order valence-corrected chi connectivity index (χ0v) is 11.4. The predicted molar refractivity (Wildman–Crippen MR) is 69.5 cm³/mol. The van der Waals surface area contributed by atoms with Crippen molar-refractivity contribution in [2.75, 3.05) is 4.90 Å². The van der Waals surface area contributed by atoms with E-state index in [2.05, 4.69) is 0 Å². The highest BCUT2D eigenvalue weighted by Crippen LogP contribution is 2.32. The Labute approximate surface area is 115 Å². The summed E-state index contributed by atoms with van der Waals surface area (Å²) < 4.78 is 5.11. The van der Waals surface area contributed by atoms with Crippen molar-refractivity contribution in [2.45, 2.75) is 26.4 Å². The van der Waals surface area contributed by atoms with Crippen molar-refractivity contribution < 1.29 is 19.1 Å². The lowest BCUT2D eigenvalue weighted by Crippen LogP contribution is -2.40. The van der Waals surface area contributed by atoms with Gasteiger partial charge in [0.15, 0.2) is 0 Å². The molecule has 6 heteroatoms. The van der Waals surface area contributed by atoms with Crippen molar-refractivity contribution in [3.8, 4) is 0 Å². The topological polar surface area (TPSA) is 63.7 Å². The van der Waals surface area contributed by atoms with Crippen LogP contribution in [0.25, 0.3) is 0 Å². The van der Waals surface area contributed by atoms with Crippen molar-refractivity contribution >= 4 is 35.1 Å². The molecule has 0 aliphatic carbocycles. The van der Waals surface area contributed by atoms with Gasteiger partial charge in [0.05, 0.1) is 11.3 Å². The Morgan fingerprint density at radius 3 is 2.47 bits per heavy atom. The van der Waals surface area contributed by atoms with Crippen LogP contribution < -0.4 is 4.90 Å². The van der Waals surface area contributed by atoms with Crippen LogP contribution in [0.5, 0.6) is 0 Å². The molecule has 1 heterocycles. The lowest BCUT2D eigenvalue weighted by atomic mass is 10.1. The number of fused-ring (bicyclic) bond motifs is 1. The number of benzene rings is 1. The Hall–Kier alpha value is -1.88. The summed E-state index contributed by atoms with van der Waals surface area (Å²) in [6, 6.07) is 4.30. The summed E-state index contributed by atoms with van der Waals surface area (Å²) in [5.41, 5.74) is -0.445. The minimum atomic E-state index is -0.925. The Morgan fingerprint density at radius 1 is 1.26 bits per heavy atom. The third kappa shape index (κ3) is 2.46. The molecule has 0 atom stereocenters. The van der Waals surface area contributed by atoms with Gasteiger partial charge in [-0.2, -0.15) is 0 Å². The summed E-state index contributed by atoms with van der Waals surface area (Å²) in [6.07, 6.45) is -0.883. The maximum Gasteiger partial charge on any atom is 0.422 e. The molecular formula is C13H12ClNO4. The van der Waals surface area contributed by atoms with Crippen LogP contribution in [0.15, 0.2) is 18.2 Å². The van der Waals surface area contributed by atoms with Crippen molar-refractivity contribution in [3.05, 3.63) is 28.8 Å². The fraction of sp³-hybridized carbons (Fsp3) is 0.308. The molecule has 0 bridgehead atoms. The zero-order chi connectivity index (χ0) is 14.4. The highest BCUT2D eigenvalue weighted by molar-refractivity contribution is 6.56. The largest absolute Gasteiger partial charge is 0.443 e. The molecule has 0 radical (unpaired) electrons. The number of carbonyl (C=O) groups is 3. The van der Waals surface area contributed by atoms with Gasteiger partial charge in [-0.05, 0) is 39.0 Å². The maximum absolute atomic E-state index is 12.0. The Morgan fingerprint density at radius 2 is 1.89 bits per heavy atom. The van der Waals surface area contributed by atoms with E-state index in [0.29, 0.717) is 5.02 Å². The Balaban J connectivity index is 2.43. The summed E-state index contributed by atoms with van der Waals surface area (Å²) >= 11 is 5.82. The molecule has 1 aromatic rings. The standard InChI is InChI=1S/C13H12ClNO4/c1-13(2,3)19-12(18)15-9-6-7(14)4-5-8(9)10(16)11(15)17/h4-6H,1-3H3. The molecule has 2 amide bonds. The molecule has 0 saturated heterocycles. The Bertz CT molecular complexity index is 589. The molecule has 0 fully saturated rings. The lowest BCUT2D eigenvalue weighted by Gasteiger charge is -2.23. The number of rotatable bonds is 0. The van der Waals surface area contributed by atoms with Crippen LogP contribution in [0, 0.1) is 0 Å². The molecule has 1 aliphatic rings. The van der Waals surface area contributed by atoms with Gasteiger partial charge < -0.3 is 4.74 Å². The van der Waals surface area contributed by atoms with E-state index in [4.69, 9.17) is 16.3 Å². The molecule has 0 N–H and O–H groups in total. The van der Waals surface area contributed by atoms with Gasteiger partial charge in [0.1, 0.15) is 5.60 Å². The van der Waals surface area contributed by atoms with E-state index in [1.54, 1.807) is 20.8 Å². The van der Waals surface area contributed by atoms with Crippen LogP contribution >= 0.6 is 11.6 Å². The second-order valence-corrected chi connectivity index (χ2v) is 5.55. The van der Waals surface area contributed by atoms with Crippen molar-refractivity contribution in [1.29, 1.82) is 0 Å². The highest BCUT2D eigenvalue weighted by atomic mass is 35.5. The van der Waals surface area contributed by atoms with Gasteiger partial charge in [-0.25, -0.2) is 9.69 Å². The average Bonchev–Trinajstić information content (AvgIpc) is 2.48. The molecule has 1 aromatic carbocycles. The van der Waals surface area contributed by atoms with E-state index >= 15 is 0 Å². The number of Topliss-reactive ketones (excluding diaryl/α,β-unsaturated/α-hetero) is 1. The monoisotopic (exact) mass is 281 g/mol. The summed E-state index contributed by atoms with van der Waals surface area (Å²) in [7, 11) is 0. The SMILES string of the molecule is CC(C)(C)OC(=O)N1C(=O)C(=O)c2ccc(Cl)cc21. The van der Waals surface area contributed by atoms with Crippen LogP contribution in [0.1, 0.15) is 31.1 Å². The van der Waals surface area contributed by atoms with Crippen molar-refractivity contribution in [1.82, 2.24) is 0 Å². The van der Waals surface area contributed by atoms with E-state index in [-0.39, 0.29) is 11.3 Å². The van der Waals surface area contributed by atoms with Crippen LogP contribution in [0.4, 0.5) is 10.5 Å². The quantitative estimate of drug-likeness (QED) is 0.686. The van der Waals surface area contributed by atoms with Crippen LogP contribution in [-0.2, 0) is 9.53 Å². The number of ketones is 1. The van der Waals surface area contributed by atoms with Gasteiger partial charge in [-0.3, -0.25) is 9.59 Å². The number of ether oxygens (including phenoxy) is 1. The van der Waals surface area contributed by atoms with Crippen LogP contribution in [0.3, 0.4) is 0 Å². The lowest BCUT2D eigenvalue weighted by molar-refractivity contribution is -0.114. The van der Waals surface area contributed by atoms with Crippen molar-refractivity contribution in [2.24, 2.45) is 0 Å². The molecule has 0 spiro atoms. The van der Waals surface area contributed by atoms with Gasteiger partial charge in [0, 0.05) is 5.02 Å². The summed E-state index contributed by atoms with van der Waals surface area (Å²) in [5, 5.41) is 0.329. The first kappa shape index (κ1) is 13.5. The van der Waals surface area contributed by atoms with Gasteiger partial charge in [0.25, 0.3) is 5.78 Å². The highest BCUT2D eigenvalue weighted by Gasteiger charge is 2.41. The molecule has 100 valence electrons. The number of hydrogen-bond acceptors (Lipinski definition) is 4. The number of imide groups is 1. The first-order valence-corrected chi connectivity index (χ1v) is 6.00. The second-order valence-electron chi connectivity index (χ2n) is 5.11. The third-order valence-electron chi connectivity index (χ3n) is 2.42. The fourth-order valence-electron chi connectivity index (χ4n) is 1.70. The van der Waals surface area contributed by atoms with Gasteiger partial charge in [0.2, 0.25) is 0 Å². The van der Waals surface area contributed by atoms with Gasteiger partial charge in [-0.1, -0.05) is 11.6 Å². The van der Waals surface area contributed by atoms with E-state index < -0.39 is 23.4 Å². The molecule has 0 saturated carbocycles. The fourth-order valence-corrected chi connectivity index (χ4v) is 1.86. The second kappa shape index (κ2) is 4.35. The first-order chi connectivity index (χ1) is 8.70. The third-order valence-corrected chi connectivity index (χ3v) is 2.65. The number of halogens is 1. The molecule has 0 aromatic heterocycles. The number of hydrogen-bond donors (Lipinski definition) is 0. The van der Waals surface area contributed by atoms with Gasteiger partial charge in [-0.15, -0.1) is 0 Å². The maximum atomic E-state index is 12.0. The molecule has 5 nitrogen and oxygen atoms in total. The zero-order valence-electron chi connectivity index (χ0n) is 10.7. The number of anilines is 1. The van der Waals surface area contributed by atoms with Crippen LogP contribution in [-0.4, -0.2) is 23.4 Å². The predicted octanol–water partition coefficient (Wildman–Crippen LogP) is 2.80. The minimum Gasteiger partial charge on any atom is -0.443 e. The van der Waals surface area contributed by atoms with Crippen LogP contribution in [0.2, 0.25) is 5.02 Å². The van der Waals surface area contributed by atoms with E-state index in [1.807, 2.05) is 0 Å². The normalized spacial score (nSPS) is 14.6. The number of amides is 2. The van der Waals surface area contributed by atoms with E-state index in [0.717, 1.165) is 4.90 Å². The molecule has 1 aliphatic heterocycles. The average molecular weight is 282 g/mol. The number of carbonyl (C=O) groups excluding carboxylic acids is 3. The molecule has 19 heavy (non-hydrogen) atoms. The molecule has 2 rings (SSSR count). The summed E-state index contributed by atoms with van der Waals surface area (Å²) in [5.74, 6) is -1.66. The smallest absolute Gasteiger partial charge is 0.422 e. The summed E-state index contributed by atoms with van der Waals surface area (Å²) in [4.78, 5) is 36.3. The molecule has 0 unspecified atom stereocenters. The van der Waals surface area contributed by atoms with E-state index in [9.17, 15) is 14.4 Å². The van der Waals surface area contributed by atoms with Crippen molar-refractivity contribution in [3.63, 3.8) is 0 Å². The Kier molecular flexibility index (Phi) is 3.10. The van der Waals surface area contributed by atoms with E-state index in [1.165, 1.54) is 18.2 Å².